The lowest BCUT2D eigenvalue weighted by Gasteiger charge is -2.30. The quantitative estimate of drug-likeness (QED) is 0.255. The first-order chi connectivity index (χ1) is 18.4. The second kappa shape index (κ2) is 9.74. The minimum Gasteiger partial charge on any atom is -0.467 e. The van der Waals surface area contributed by atoms with Gasteiger partial charge in [-0.2, -0.15) is 0 Å². The molecule has 1 aliphatic rings. The first-order valence-electron chi connectivity index (χ1n) is 12.3. The normalized spacial score (nSPS) is 13.4. The molecule has 0 fully saturated rings. The summed E-state index contributed by atoms with van der Waals surface area (Å²) in [6, 6.07) is 23.3. The van der Waals surface area contributed by atoms with Crippen LogP contribution in [0, 0.1) is 6.92 Å². The van der Waals surface area contributed by atoms with Crippen molar-refractivity contribution in [3.05, 3.63) is 108 Å². The van der Waals surface area contributed by atoms with Gasteiger partial charge in [-0.15, -0.1) is 0 Å². The number of amides is 1. The number of para-hydroxylation sites is 2. The predicted molar refractivity (Wildman–Crippen MR) is 149 cm³/mol. The van der Waals surface area contributed by atoms with Crippen molar-refractivity contribution in [1.29, 1.82) is 0 Å². The van der Waals surface area contributed by atoms with Crippen molar-refractivity contribution in [3.63, 3.8) is 0 Å². The molecule has 0 atom stereocenters. The minimum absolute atomic E-state index is 0.152. The van der Waals surface area contributed by atoms with Crippen LogP contribution < -0.4 is 9.21 Å². The van der Waals surface area contributed by atoms with Crippen molar-refractivity contribution in [2.45, 2.75) is 31.2 Å². The maximum atomic E-state index is 13.8. The van der Waals surface area contributed by atoms with Gasteiger partial charge in [-0.25, -0.2) is 13.4 Å². The highest BCUT2D eigenvalue weighted by atomic mass is 32.2. The first-order valence-corrected chi connectivity index (χ1v) is 14.6. The summed E-state index contributed by atoms with van der Waals surface area (Å²) < 4.78 is 35.1. The van der Waals surface area contributed by atoms with Crippen LogP contribution in [0.2, 0.25) is 0 Å². The maximum Gasteiger partial charge on any atom is 0.264 e. The molecular formula is C29H25N3O4S2. The number of nitrogens with zero attached hydrogens (tertiary/aromatic N) is 3. The van der Waals surface area contributed by atoms with E-state index in [1.54, 1.807) is 29.4 Å². The van der Waals surface area contributed by atoms with Gasteiger partial charge >= 0.3 is 0 Å². The SMILES string of the molecule is Cc1cccc2sc(N(Cc3ccco3)C(=O)c3ccc(S(=O)(=O)N4CCCc5ccccc54)cc3)nc12. The summed E-state index contributed by atoms with van der Waals surface area (Å²) in [5.41, 5.74) is 3.99. The van der Waals surface area contributed by atoms with E-state index in [2.05, 4.69) is 0 Å². The Morgan fingerprint density at radius 1 is 1.03 bits per heavy atom. The van der Waals surface area contributed by atoms with E-state index in [0.29, 0.717) is 23.0 Å². The molecule has 192 valence electrons. The number of carbonyl (C=O) groups is 1. The summed E-state index contributed by atoms with van der Waals surface area (Å²) in [6.07, 6.45) is 3.18. The van der Waals surface area contributed by atoms with Crippen molar-refractivity contribution >= 4 is 48.3 Å². The third-order valence-electron chi connectivity index (χ3n) is 6.74. The Morgan fingerprint density at radius 2 is 1.84 bits per heavy atom. The maximum absolute atomic E-state index is 13.8. The van der Waals surface area contributed by atoms with E-state index in [9.17, 15) is 13.2 Å². The van der Waals surface area contributed by atoms with E-state index >= 15 is 0 Å². The number of carbonyl (C=O) groups excluding carboxylic acids is 1. The average Bonchev–Trinajstić information content (AvgIpc) is 3.62. The number of benzene rings is 3. The Hall–Kier alpha value is -3.95. The van der Waals surface area contributed by atoms with Crippen LogP contribution in [0.5, 0.6) is 0 Å². The third kappa shape index (κ3) is 4.37. The standard InChI is InChI=1S/C29H25N3O4S2/c1-20-7-4-12-26-27(20)30-29(37-26)31(19-23-10-6-18-36-23)28(33)22-13-15-24(16-14-22)38(34,35)32-17-5-9-21-8-2-3-11-25(21)32/h2-4,6-8,10-16,18H,5,9,17,19H2,1H3. The lowest BCUT2D eigenvalue weighted by atomic mass is 10.0. The van der Waals surface area contributed by atoms with E-state index in [1.165, 1.54) is 27.8 Å². The van der Waals surface area contributed by atoms with Crippen LogP contribution in [-0.4, -0.2) is 25.9 Å². The molecule has 3 heterocycles. The fraction of sp³-hybridized carbons (Fsp3) is 0.172. The fourth-order valence-electron chi connectivity index (χ4n) is 4.78. The number of fused-ring (bicyclic) bond motifs is 2. The molecule has 5 aromatic rings. The zero-order valence-corrected chi connectivity index (χ0v) is 22.3. The Bertz CT molecular complexity index is 1730. The molecule has 6 rings (SSSR count). The molecule has 1 amide bonds. The zero-order chi connectivity index (χ0) is 26.3. The number of thiazole rings is 1. The fourth-order valence-corrected chi connectivity index (χ4v) is 7.36. The number of aryl methyl sites for hydroxylation is 2. The Balaban J connectivity index is 1.33. The number of furan rings is 1. The molecule has 0 spiro atoms. The average molecular weight is 544 g/mol. The molecule has 0 saturated heterocycles. The summed E-state index contributed by atoms with van der Waals surface area (Å²) in [6.45, 7) is 2.62. The van der Waals surface area contributed by atoms with Gasteiger partial charge in [-0.3, -0.25) is 14.0 Å². The van der Waals surface area contributed by atoms with E-state index in [4.69, 9.17) is 9.40 Å². The van der Waals surface area contributed by atoms with Gasteiger partial charge in [0.25, 0.3) is 15.9 Å². The molecule has 0 N–H and O–H groups in total. The molecule has 3 aromatic carbocycles. The van der Waals surface area contributed by atoms with Crippen LogP contribution in [0.3, 0.4) is 0 Å². The second-order valence-corrected chi connectivity index (χ2v) is 12.1. The van der Waals surface area contributed by atoms with Gasteiger partial charge < -0.3 is 4.42 Å². The van der Waals surface area contributed by atoms with Crippen molar-refractivity contribution in [1.82, 2.24) is 4.98 Å². The van der Waals surface area contributed by atoms with Crippen LogP contribution in [-0.2, 0) is 23.0 Å². The highest BCUT2D eigenvalue weighted by molar-refractivity contribution is 7.92. The molecule has 0 bridgehead atoms. The van der Waals surface area contributed by atoms with E-state index in [1.807, 2.05) is 55.5 Å². The van der Waals surface area contributed by atoms with Gasteiger partial charge in [-0.1, -0.05) is 41.7 Å². The Morgan fingerprint density at radius 3 is 2.61 bits per heavy atom. The van der Waals surface area contributed by atoms with Gasteiger partial charge in [0, 0.05) is 12.1 Å². The van der Waals surface area contributed by atoms with E-state index in [-0.39, 0.29) is 17.3 Å². The van der Waals surface area contributed by atoms with Gasteiger partial charge in [0.15, 0.2) is 5.13 Å². The number of anilines is 2. The summed E-state index contributed by atoms with van der Waals surface area (Å²) in [5, 5.41) is 0.553. The molecule has 2 aromatic heterocycles. The highest BCUT2D eigenvalue weighted by Crippen LogP contribution is 2.34. The molecule has 38 heavy (non-hydrogen) atoms. The summed E-state index contributed by atoms with van der Waals surface area (Å²) >= 11 is 1.43. The van der Waals surface area contributed by atoms with Crippen molar-refractivity contribution < 1.29 is 17.6 Å². The molecule has 0 unspecified atom stereocenters. The zero-order valence-electron chi connectivity index (χ0n) is 20.7. The molecule has 0 radical (unpaired) electrons. The van der Waals surface area contributed by atoms with Crippen LogP contribution in [0.25, 0.3) is 10.2 Å². The Kier molecular flexibility index (Phi) is 6.25. The number of hydrogen-bond donors (Lipinski definition) is 0. The third-order valence-corrected chi connectivity index (χ3v) is 9.61. The molecule has 0 aliphatic carbocycles. The highest BCUT2D eigenvalue weighted by Gasteiger charge is 2.30. The molecule has 0 saturated carbocycles. The topological polar surface area (TPSA) is 83.7 Å². The predicted octanol–water partition coefficient (Wildman–Crippen LogP) is 6.19. The molecule has 9 heteroatoms. The number of hydrogen-bond acceptors (Lipinski definition) is 6. The second-order valence-electron chi connectivity index (χ2n) is 9.22. The van der Waals surface area contributed by atoms with Gasteiger partial charge in [0.1, 0.15) is 5.76 Å². The summed E-state index contributed by atoms with van der Waals surface area (Å²) in [4.78, 5) is 20.2. The monoisotopic (exact) mass is 543 g/mol. The van der Waals surface area contributed by atoms with Gasteiger partial charge in [0.2, 0.25) is 0 Å². The first kappa shape index (κ1) is 24.4. The van der Waals surface area contributed by atoms with Crippen LogP contribution >= 0.6 is 11.3 Å². The number of rotatable bonds is 6. The van der Waals surface area contributed by atoms with E-state index < -0.39 is 10.0 Å². The summed E-state index contributed by atoms with van der Waals surface area (Å²) in [5.74, 6) is 0.336. The minimum atomic E-state index is -3.77. The van der Waals surface area contributed by atoms with Crippen LogP contribution in [0.4, 0.5) is 10.8 Å². The number of aromatic nitrogens is 1. The number of sulfonamides is 1. The van der Waals surface area contributed by atoms with Crippen molar-refractivity contribution in [2.75, 3.05) is 15.7 Å². The lowest BCUT2D eigenvalue weighted by molar-refractivity contribution is 0.0983. The molecule has 1 aliphatic heterocycles. The van der Waals surface area contributed by atoms with Gasteiger partial charge in [-0.05, 0) is 79.4 Å². The Labute approximate surface area is 225 Å². The van der Waals surface area contributed by atoms with Crippen LogP contribution in [0.1, 0.15) is 33.7 Å². The molecule has 7 nitrogen and oxygen atoms in total. The van der Waals surface area contributed by atoms with Gasteiger partial charge in [0.05, 0.1) is 33.6 Å². The lowest BCUT2D eigenvalue weighted by Crippen LogP contribution is -2.35. The van der Waals surface area contributed by atoms with Crippen LogP contribution in [0.15, 0.2) is 94.4 Å². The largest absolute Gasteiger partial charge is 0.467 e. The van der Waals surface area contributed by atoms with Crippen molar-refractivity contribution in [2.24, 2.45) is 0 Å². The summed E-state index contributed by atoms with van der Waals surface area (Å²) in [7, 11) is -3.77. The van der Waals surface area contributed by atoms with E-state index in [0.717, 1.165) is 39.9 Å². The molecular weight excluding hydrogens is 518 g/mol. The van der Waals surface area contributed by atoms with Crippen molar-refractivity contribution in [3.8, 4) is 0 Å². The smallest absolute Gasteiger partial charge is 0.264 e.